The molecule has 0 aromatic carbocycles. The summed E-state index contributed by atoms with van der Waals surface area (Å²) in [6, 6.07) is -0.0414. The van der Waals surface area contributed by atoms with E-state index in [0.717, 1.165) is 32.4 Å². The summed E-state index contributed by atoms with van der Waals surface area (Å²) in [6.07, 6.45) is 2.57. The van der Waals surface area contributed by atoms with E-state index in [1.54, 1.807) is 4.90 Å². The van der Waals surface area contributed by atoms with E-state index in [2.05, 4.69) is 5.32 Å². The highest BCUT2D eigenvalue weighted by molar-refractivity contribution is 5.82. The molecule has 0 aliphatic carbocycles. The van der Waals surface area contributed by atoms with Crippen LogP contribution < -0.4 is 5.32 Å². The van der Waals surface area contributed by atoms with Crippen LogP contribution in [0.3, 0.4) is 0 Å². The highest BCUT2D eigenvalue weighted by Gasteiger charge is 2.30. The van der Waals surface area contributed by atoms with Gasteiger partial charge in [-0.15, -0.1) is 0 Å². The molecular weight excluding hydrogens is 183 g/mol. The SMILES string of the molecule is O=C([C@@H]1CCCN1)N1CCC[C@@H](F)C1. The Balaban J connectivity index is 1.89. The van der Waals surface area contributed by atoms with Crippen LogP contribution >= 0.6 is 0 Å². The lowest BCUT2D eigenvalue weighted by molar-refractivity contribution is -0.135. The quantitative estimate of drug-likeness (QED) is 0.675. The topological polar surface area (TPSA) is 32.3 Å². The maximum atomic E-state index is 13.1. The molecule has 2 heterocycles. The molecule has 2 aliphatic heterocycles. The molecule has 80 valence electrons. The van der Waals surface area contributed by atoms with Crippen molar-refractivity contribution in [3.63, 3.8) is 0 Å². The molecule has 14 heavy (non-hydrogen) atoms. The summed E-state index contributed by atoms with van der Waals surface area (Å²) in [6.45, 7) is 1.96. The number of halogens is 1. The van der Waals surface area contributed by atoms with Crippen molar-refractivity contribution in [2.24, 2.45) is 0 Å². The van der Waals surface area contributed by atoms with Crippen LogP contribution in [0.4, 0.5) is 4.39 Å². The Labute approximate surface area is 83.6 Å². The molecule has 0 unspecified atom stereocenters. The zero-order valence-electron chi connectivity index (χ0n) is 8.34. The third-order valence-electron chi connectivity index (χ3n) is 3.03. The van der Waals surface area contributed by atoms with E-state index >= 15 is 0 Å². The van der Waals surface area contributed by atoms with Gasteiger partial charge in [0.25, 0.3) is 0 Å². The first-order valence-corrected chi connectivity index (χ1v) is 5.43. The van der Waals surface area contributed by atoms with Gasteiger partial charge in [0.15, 0.2) is 0 Å². The largest absolute Gasteiger partial charge is 0.338 e. The second-order valence-corrected chi connectivity index (χ2v) is 4.17. The molecule has 2 saturated heterocycles. The molecule has 2 rings (SSSR count). The van der Waals surface area contributed by atoms with E-state index in [-0.39, 0.29) is 11.9 Å². The number of likely N-dealkylation sites (tertiary alicyclic amines) is 1. The Kier molecular flexibility index (Phi) is 3.01. The minimum absolute atomic E-state index is 0.0414. The molecule has 0 aromatic heterocycles. The summed E-state index contributed by atoms with van der Waals surface area (Å²) >= 11 is 0. The Morgan fingerprint density at radius 3 is 2.86 bits per heavy atom. The molecule has 1 amide bonds. The Hall–Kier alpha value is -0.640. The fourth-order valence-electron chi connectivity index (χ4n) is 2.24. The summed E-state index contributed by atoms with van der Waals surface area (Å²) in [7, 11) is 0. The van der Waals surface area contributed by atoms with Crippen LogP contribution in [-0.4, -0.2) is 42.7 Å². The van der Waals surface area contributed by atoms with Gasteiger partial charge in [-0.2, -0.15) is 0 Å². The lowest BCUT2D eigenvalue weighted by Gasteiger charge is -2.31. The van der Waals surface area contributed by atoms with Crippen LogP contribution in [0.15, 0.2) is 0 Å². The molecule has 0 spiro atoms. The summed E-state index contributed by atoms with van der Waals surface area (Å²) in [5, 5.41) is 3.15. The number of hydrogen-bond donors (Lipinski definition) is 1. The monoisotopic (exact) mass is 200 g/mol. The molecule has 2 aliphatic rings. The number of carbonyl (C=O) groups excluding carboxylic acids is 1. The predicted molar refractivity (Wildman–Crippen MR) is 51.7 cm³/mol. The first kappa shape index (κ1) is 9.90. The lowest BCUT2D eigenvalue weighted by atomic mass is 10.1. The van der Waals surface area contributed by atoms with E-state index in [4.69, 9.17) is 0 Å². The fraction of sp³-hybridized carbons (Fsp3) is 0.900. The van der Waals surface area contributed by atoms with Crippen molar-refractivity contribution in [1.82, 2.24) is 10.2 Å². The summed E-state index contributed by atoms with van der Waals surface area (Å²) in [5.74, 6) is 0.102. The minimum Gasteiger partial charge on any atom is -0.338 e. The maximum Gasteiger partial charge on any atom is 0.239 e. The van der Waals surface area contributed by atoms with E-state index in [9.17, 15) is 9.18 Å². The van der Waals surface area contributed by atoms with E-state index in [1.807, 2.05) is 0 Å². The van der Waals surface area contributed by atoms with Crippen molar-refractivity contribution < 1.29 is 9.18 Å². The molecular formula is C10H17FN2O. The Morgan fingerprint density at radius 2 is 2.21 bits per heavy atom. The molecule has 0 bridgehead atoms. The van der Waals surface area contributed by atoms with Crippen molar-refractivity contribution in [1.29, 1.82) is 0 Å². The van der Waals surface area contributed by atoms with Crippen molar-refractivity contribution in [3.05, 3.63) is 0 Å². The maximum absolute atomic E-state index is 13.1. The number of nitrogens with zero attached hydrogens (tertiary/aromatic N) is 1. The summed E-state index contributed by atoms with van der Waals surface area (Å²) in [5.41, 5.74) is 0. The Morgan fingerprint density at radius 1 is 1.36 bits per heavy atom. The molecule has 2 fully saturated rings. The van der Waals surface area contributed by atoms with Crippen LogP contribution in [0.1, 0.15) is 25.7 Å². The van der Waals surface area contributed by atoms with Crippen molar-refractivity contribution in [3.8, 4) is 0 Å². The molecule has 0 saturated carbocycles. The van der Waals surface area contributed by atoms with Crippen molar-refractivity contribution in [2.75, 3.05) is 19.6 Å². The van der Waals surface area contributed by atoms with Crippen molar-refractivity contribution in [2.45, 2.75) is 37.9 Å². The zero-order valence-corrected chi connectivity index (χ0v) is 8.34. The van der Waals surface area contributed by atoms with Gasteiger partial charge >= 0.3 is 0 Å². The minimum atomic E-state index is -0.811. The third kappa shape index (κ3) is 2.05. The number of hydrogen-bond acceptors (Lipinski definition) is 2. The average molecular weight is 200 g/mol. The van der Waals surface area contributed by atoms with Gasteiger partial charge in [-0.3, -0.25) is 4.79 Å². The number of alkyl halides is 1. The highest BCUT2D eigenvalue weighted by Crippen LogP contribution is 2.16. The van der Waals surface area contributed by atoms with Crippen LogP contribution in [-0.2, 0) is 4.79 Å². The molecule has 2 atom stereocenters. The van der Waals surface area contributed by atoms with E-state index in [0.29, 0.717) is 13.0 Å². The van der Waals surface area contributed by atoms with Crippen LogP contribution in [0.5, 0.6) is 0 Å². The normalized spacial score (nSPS) is 33.4. The third-order valence-corrected chi connectivity index (χ3v) is 3.03. The van der Waals surface area contributed by atoms with E-state index in [1.165, 1.54) is 0 Å². The molecule has 0 radical (unpaired) electrons. The summed E-state index contributed by atoms with van der Waals surface area (Å²) < 4.78 is 13.1. The Bertz CT molecular complexity index is 216. The number of carbonyl (C=O) groups is 1. The van der Waals surface area contributed by atoms with Gasteiger partial charge in [-0.25, -0.2) is 4.39 Å². The smallest absolute Gasteiger partial charge is 0.239 e. The fourth-order valence-corrected chi connectivity index (χ4v) is 2.24. The molecule has 0 aromatic rings. The van der Waals surface area contributed by atoms with Gasteiger partial charge in [0, 0.05) is 6.54 Å². The summed E-state index contributed by atoms with van der Waals surface area (Å²) in [4.78, 5) is 13.5. The van der Waals surface area contributed by atoms with Gasteiger partial charge in [0.2, 0.25) is 5.91 Å². The number of rotatable bonds is 1. The van der Waals surface area contributed by atoms with Crippen LogP contribution in [0.2, 0.25) is 0 Å². The first-order chi connectivity index (χ1) is 6.77. The number of piperidine rings is 1. The highest BCUT2D eigenvalue weighted by atomic mass is 19.1. The lowest BCUT2D eigenvalue weighted by Crippen LogP contribution is -2.48. The predicted octanol–water partition coefficient (Wildman–Crippen LogP) is 0.699. The van der Waals surface area contributed by atoms with Gasteiger partial charge < -0.3 is 10.2 Å². The van der Waals surface area contributed by atoms with Gasteiger partial charge in [0.05, 0.1) is 12.6 Å². The average Bonchev–Trinajstić information content (AvgIpc) is 2.69. The number of amides is 1. The second-order valence-electron chi connectivity index (χ2n) is 4.17. The van der Waals surface area contributed by atoms with Crippen LogP contribution in [0.25, 0.3) is 0 Å². The van der Waals surface area contributed by atoms with Gasteiger partial charge in [-0.1, -0.05) is 0 Å². The zero-order chi connectivity index (χ0) is 9.97. The van der Waals surface area contributed by atoms with Gasteiger partial charge in [-0.05, 0) is 32.2 Å². The van der Waals surface area contributed by atoms with Crippen LogP contribution in [0, 0.1) is 0 Å². The molecule has 4 heteroatoms. The first-order valence-electron chi connectivity index (χ1n) is 5.43. The standard InChI is InChI=1S/C10H17FN2O/c11-8-3-2-6-13(7-8)10(14)9-4-1-5-12-9/h8-9,12H,1-7H2/t8-,9+/m1/s1. The van der Waals surface area contributed by atoms with E-state index < -0.39 is 6.17 Å². The number of nitrogens with one attached hydrogen (secondary N) is 1. The second kappa shape index (κ2) is 4.26. The molecule has 1 N–H and O–H groups in total. The van der Waals surface area contributed by atoms with Gasteiger partial charge in [0.1, 0.15) is 6.17 Å². The molecule has 3 nitrogen and oxygen atoms in total. The van der Waals surface area contributed by atoms with Crippen molar-refractivity contribution >= 4 is 5.91 Å².